The average Bonchev–Trinajstić information content (AvgIpc) is 2.37. The first-order valence-corrected chi connectivity index (χ1v) is 4.98. The molecule has 5 nitrogen and oxygen atoms in total. The second-order valence-electron chi connectivity index (χ2n) is 3.48. The number of thiocyanates is 1. The molecule has 0 radical (unpaired) electrons. The summed E-state index contributed by atoms with van der Waals surface area (Å²) in [6.07, 6.45) is -0.626. The predicted octanol–water partition coefficient (Wildman–Crippen LogP) is 0.958. The van der Waals surface area contributed by atoms with Crippen molar-refractivity contribution in [3.05, 3.63) is 0 Å². The van der Waals surface area contributed by atoms with Crippen LogP contribution in [0.3, 0.4) is 0 Å². The molecule has 0 aromatic heterocycles. The number of carbonyl (C=O) groups excluding carboxylic acids is 2. The molecule has 0 saturated carbocycles. The summed E-state index contributed by atoms with van der Waals surface area (Å²) in [5, 5.41) is 10.1. The van der Waals surface area contributed by atoms with Crippen molar-refractivity contribution in [1.82, 2.24) is 4.90 Å². The molecule has 0 unspecified atom stereocenters. The van der Waals surface area contributed by atoms with Crippen LogP contribution in [0.5, 0.6) is 0 Å². The molecule has 76 valence electrons. The molecule has 0 atom stereocenters. The molecule has 0 aromatic carbocycles. The SMILES string of the molecule is CC1(C)COC(=O)N1C(=O)CSC#N. The van der Waals surface area contributed by atoms with Crippen LogP contribution < -0.4 is 0 Å². The number of hydrogen-bond acceptors (Lipinski definition) is 5. The minimum Gasteiger partial charge on any atom is -0.447 e. The van der Waals surface area contributed by atoms with Gasteiger partial charge in [-0.25, -0.2) is 9.69 Å². The van der Waals surface area contributed by atoms with Crippen LogP contribution in [0.15, 0.2) is 0 Å². The normalized spacial score (nSPS) is 18.9. The second-order valence-corrected chi connectivity index (χ2v) is 4.24. The molecule has 2 amide bonds. The van der Waals surface area contributed by atoms with Gasteiger partial charge in [-0.15, -0.1) is 0 Å². The summed E-state index contributed by atoms with van der Waals surface area (Å²) in [4.78, 5) is 23.7. The summed E-state index contributed by atoms with van der Waals surface area (Å²) >= 11 is 0.812. The number of carbonyl (C=O) groups is 2. The van der Waals surface area contributed by atoms with Crippen molar-refractivity contribution in [3.63, 3.8) is 0 Å². The van der Waals surface area contributed by atoms with Gasteiger partial charge in [-0.2, -0.15) is 5.26 Å². The summed E-state index contributed by atoms with van der Waals surface area (Å²) in [6, 6.07) is 0. The van der Waals surface area contributed by atoms with Gasteiger partial charge in [-0.3, -0.25) is 4.79 Å². The van der Waals surface area contributed by atoms with Gasteiger partial charge in [0.15, 0.2) is 0 Å². The van der Waals surface area contributed by atoms with Crippen LogP contribution >= 0.6 is 11.8 Å². The van der Waals surface area contributed by atoms with Crippen LogP contribution in [-0.2, 0) is 9.53 Å². The summed E-state index contributed by atoms with van der Waals surface area (Å²) in [5.74, 6) is -0.404. The van der Waals surface area contributed by atoms with E-state index in [1.807, 2.05) is 0 Å². The van der Waals surface area contributed by atoms with Gasteiger partial charge in [0.05, 0.1) is 11.3 Å². The standard InChI is InChI=1S/C8H10N2O3S/c1-8(2)4-13-7(12)10(8)6(11)3-14-5-9/h3-4H2,1-2H3. The first-order chi connectivity index (χ1) is 6.49. The monoisotopic (exact) mass is 214 g/mol. The summed E-state index contributed by atoms with van der Waals surface area (Å²) in [7, 11) is 0. The van der Waals surface area contributed by atoms with Gasteiger partial charge in [0, 0.05) is 0 Å². The molecule has 6 heteroatoms. The van der Waals surface area contributed by atoms with Crippen molar-refractivity contribution in [2.24, 2.45) is 0 Å². The van der Waals surface area contributed by atoms with E-state index in [1.54, 1.807) is 19.2 Å². The van der Waals surface area contributed by atoms with Crippen molar-refractivity contribution in [1.29, 1.82) is 5.26 Å². The number of thioether (sulfide) groups is 1. The molecule has 1 aliphatic rings. The van der Waals surface area contributed by atoms with Crippen LogP contribution in [0.25, 0.3) is 0 Å². The fourth-order valence-corrected chi connectivity index (χ4v) is 1.53. The third kappa shape index (κ3) is 1.99. The Bertz CT molecular complexity index is 308. The van der Waals surface area contributed by atoms with E-state index in [-0.39, 0.29) is 18.3 Å². The van der Waals surface area contributed by atoms with E-state index in [0.29, 0.717) is 0 Å². The molecule has 1 saturated heterocycles. The third-order valence-corrected chi connectivity index (χ3v) is 2.37. The van der Waals surface area contributed by atoms with Crippen LogP contribution in [0.4, 0.5) is 4.79 Å². The summed E-state index contributed by atoms with van der Waals surface area (Å²) in [6.45, 7) is 3.69. The molecule has 0 aromatic rings. The highest BCUT2D eigenvalue weighted by atomic mass is 32.2. The fraction of sp³-hybridized carbons (Fsp3) is 0.625. The van der Waals surface area contributed by atoms with Gasteiger partial charge in [0.1, 0.15) is 12.0 Å². The zero-order valence-corrected chi connectivity index (χ0v) is 8.76. The highest BCUT2D eigenvalue weighted by Gasteiger charge is 2.43. The Morgan fingerprint density at radius 2 is 2.43 bits per heavy atom. The summed E-state index contributed by atoms with van der Waals surface area (Å²) < 4.78 is 4.76. The quantitative estimate of drug-likeness (QED) is 0.640. The van der Waals surface area contributed by atoms with E-state index >= 15 is 0 Å². The van der Waals surface area contributed by atoms with Crippen LogP contribution in [0.2, 0.25) is 0 Å². The van der Waals surface area contributed by atoms with Crippen LogP contribution in [0.1, 0.15) is 13.8 Å². The molecule has 1 aliphatic heterocycles. The number of ether oxygens (including phenoxy) is 1. The van der Waals surface area contributed by atoms with E-state index in [1.165, 1.54) is 0 Å². The molecule has 0 spiro atoms. The summed E-state index contributed by atoms with van der Waals surface area (Å²) in [5.41, 5.74) is -0.607. The Hall–Kier alpha value is -1.22. The van der Waals surface area contributed by atoms with Gasteiger partial charge in [0.25, 0.3) is 0 Å². The Kier molecular flexibility index (Phi) is 3.01. The molecule has 0 aliphatic carbocycles. The van der Waals surface area contributed by atoms with Crippen molar-refractivity contribution < 1.29 is 14.3 Å². The van der Waals surface area contributed by atoms with Gasteiger partial charge in [-0.1, -0.05) is 0 Å². The van der Waals surface area contributed by atoms with E-state index in [0.717, 1.165) is 16.7 Å². The Balaban J connectivity index is 2.71. The fourth-order valence-electron chi connectivity index (χ4n) is 1.21. The Labute approximate surface area is 86.0 Å². The molecule has 1 fully saturated rings. The first kappa shape index (κ1) is 10.9. The van der Waals surface area contributed by atoms with Crippen molar-refractivity contribution in [3.8, 4) is 5.40 Å². The van der Waals surface area contributed by atoms with E-state index in [4.69, 9.17) is 10.00 Å². The minimum absolute atomic E-state index is 0.0188. The van der Waals surface area contributed by atoms with Gasteiger partial charge < -0.3 is 4.74 Å². The predicted molar refractivity (Wildman–Crippen MR) is 50.3 cm³/mol. The number of nitrogens with zero attached hydrogens (tertiary/aromatic N) is 2. The maximum Gasteiger partial charge on any atom is 0.417 e. The second kappa shape index (κ2) is 3.88. The topological polar surface area (TPSA) is 70.4 Å². The number of rotatable bonds is 2. The molecular weight excluding hydrogens is 204 g/mol. The minimum atomic E-state index is -0.626. The smallest absolute Gasteiger partial charge is 0.417 e. The lowest BCUT2D eigenvalue weighted by Crippen LogP contribution is -2.46. The van der Waals surface area contributed by atoms with Gasteiger partial charge in [-0.05, 0) is 25.6 Å². The number of nitriles is 1. The Morgan fingerprint density at radius 1 is 1.79 bits per heavy atom. The zero-order chi connectivity index (χ0) is 10.8. The molecule has 14 heavy (non-hydrogen) atoms. The van der Waals surface area contributed by atoms with E-state index < -0.39 is 11.6 Å². The van der Waals surface area contributed by atoms with Crippen LogP contribution in [0, 0.1) is 10.7 Å². The number of cyclic esters (lactones) is 1. The van der Waals surface area contributed by atoms with Crippen LogP contribution in [-0.4, -0.2) is 34.8 Å². The molecular formula is C8H10N2O3S. The van der Waals surface area contributed by atoms with Crippen molar-refractivity contribution >= 4 is 23.8 Å². The molecule has 1 heterocycles. The molecule has 0 bridgehead atoms. The molecule has 1 rings (SSSR count). The number of imide groups is 1. The average molecular weight is 214 g/mol. The lowest BCUT2D eigenvalue weighted by molar-refractivity contribution is -0.128. The Morgan fingerprint density at radius 3 is 2.86 bits per heavy atom. The lowest BCUT2D eigenvalue weighted by atomic mass is 10.1. The maximum absolute atomic E-state index is 11.5. The van der Waals surface area contributed by atoms with Gasteiger partial charge >= 0.3 is 6.09 Å². The van der Waals surface area contributed by atoms with Gasteiger partial charge in [0.2, 0.25) is 5.91 Å². The number of amides is 2. The lowest BCUT2D eigenvalue weighted by Gasteiger charge is -2.25. The maximum atomic E-state index is 11.5. The zero-order valence-electron chi connectivity index (χ0n) is 7.94. The highest BCUT2D eigenvalue weighted by molar-refractivity contribution is 8.04. The van der Waals surface area contributed by atoms with Crippen molar-refractivity contribution in [2.45, 2.75) is 19.4 Å². The largest absolute Gasteiger partial charge is 0.447 e. The van der Waals surface area contributed by atoms with E-state index in [2.05, 4.69) is 0 Å². The number of hydrogen-bond donors (Lipinski definition) is 0. The molecule has 0 N–H and O–H groups in total. The highest BCUT2D eigenvalue weighted by Crippen LogP contribution is 2.24. The van der Waals surface area contributed by atoms with Crippen molar-refractivity contribution in [2.75, 3.05) is 12.4 Å². The first-order valence-electron chi connectivity index (χ1n) is 4.00. The van der Waals surface area contributed by atoms with E-state index in [9.17, 15) is 9.59 Å². The third-order valence-electron chi connectivity index (χ3n) is 1.85.